The van der Waals surface area contributed by atoms with Gasteiger partial charge in [-0.2, -0.15) is 0 Å². The summed E-state index contributed by atoms with van der Waals surface area (Å²) in [5, 5.41) is 0.214. The molecular formula is C19H19ClN2O4. The van der Waals surface area contributed by atoms with Crippen LogP contribution in [-0.4, -0.2) is 31.6 Å². The maximum absolute atomic E-state index is 12.6. The molecule has 2 aromatic carbocycles. The van der Waals surface area contributed by atoms with E-state index in [0.29, 0.717) is 5.69 Å². The van der Waals surface area contributed by atoms with E-state index >= 15 is 0 Å². The van der Waals surface area contributed by atoms with E-state index < -0.39 is 5.97 Å². The molecule has 0 aliphatic carbocycles. The number of carbonyl (C=O) groups excluding carboxylic acids is 2. The molecule has 0 unspecified atom stereocenters. The van der Waals surface area contributed by atoms with Crippen LogP contribution in [0.15, 0.2) is 36.4 Å². The van der Waals surface area contributed by atoms with Gasteiger partial charge in [0.1, 0.15) is 11.3 Å². The molecule has 3 rings (SSSR count). The molecule has 1 atom stereocenters. The number of fused-ring (bicyclic) bond motifs is 1. The Morgan fingerprint density at radius 1 is 1.31 bits per heavy atom. The molecule has 0 spiro atoms. The number of carbonyl (C=O) groups is 2. The molecule has 1 aliphatic rings. The molecule has 0 saturated carbocycles. The fraction of sp³-hybridized carbons (Fsp3) is 0.263. The summed E-state index contributed by atoms with van der Waals surface area (Å²) < 4.78 is 10.3. The zero-order chi connectivity index (χ0) is 18.8. The number of esters is 1. The molecule has 1 heterocycles. The highest BCUT2D eigenvalue weighted by molar-refractivity contribution is 6.33. The summed E-state index contributed by atoms with van der Waals surface area (Å²) in [4.78, 5) is 26.6. The molecule has 6 nitrogen and oxygen atoms in total. The maximum Gasteiger partial charge on any atom is 0.342 e. The molecule has 0 radical (unpaired) electrons. The minimum absolute atomic E-state index is 0.0131. The third-order valence-electron chi connectivity index (χ3n) is 4.34. The first-order valence-corrected chi connectivity index (χ1v) is 8.50. The van der Waals surface area contributed by atoms with Crippen molar-refractivity contribution >= 4 is 34.9 Å². The van der Waals surface area contributed by atoms with E-state index in [2.05, 4.69) is 0 Å². The number of amides is 1. The highest BCUT2D eigenvalue weighted by Gasteiger charge is 2.31. The van der Waals surface area contributed by atoms with Gasteiger partial charge in [0, 0.05) is 17.8 Å². The predicted molar refractivity (Wildman–Crippen MR) is 99.8 cm³/mol. The van der Waals surface area contributed by atoms with Crippen molar-refractivity contribution in [2.24, 2.45) is 0 Å². The number of halogens is 1. The lowest BCUT2D eigenvalue weighted by Crippen LogP contribution is -2.38. The number of ether oxygens (including phenoxy) is 2. The Balaban J connectivity index is 1.73. The number of methoxy groups -OCH3 is 1. The highest BCUT2D eigenvalue weighted by atomic mass is 35.5. The summed E-state index contributed by atoms with van der Waals surface area (Å²) in [7, 11) is 1.41. The van der Waals surface area contributed by atoms with Crippen LogP contribution in [0.5, 0.6) is 5.75 Å². The van der Waals surface area contributed by atoms with Crippen LogP contribution in [0.4, 0.5) is 11.4 Å². The van der Waals surface area contributed by atoms with Gasteiger partial charge in [-0.05, 0) is 31.0 Å². The van der Waals surface area contributed by atoms with Crippen molar-refractivity contribution in [1.82, 2.24) is 0 Å². The van der Waals surface area contributed by atoms with Gasteiger partial charge < -0.3 is 20.1 Å². The zero-order valence-electron chi connectivity index (χ0n) is 14.5. The van der Waals surface area contributed by atoms with Crippen molar-refractivity contribution in [2.75, 3.05) is 24.4 Å². The van der Waals surface area contributed by atoms with Crippen molar-refractivity contribution in [3.63, 3.8) is 0 Å². The van der Waals surface area contributed by atoms with Crippen LogP contribution in [0.2, 0.25) is 5.02 Å². The van der Waals surface area contributed by atoms with Crippen molar-refractivity contribution in [3.8, 4) is 5.75 Å². The van der Waals surface area contributed by atoms with Crippen LogP contribution in [0.3, 0.4) is 0 Å². The maximum atomic E-state index is 12.6. The van der Waals surface area contributed by atoms with Crippen molar-refractivity contribution in [2.45, 2.75) is 19.4 Å². The lowest BCUT2D eigenvalue weighted by Gasteiger charge is -2.22. The number of nitrogen functional groups attached to an aromatic ring is 1. The number of nitrogens with two attached hydrogens (primary N) is 1. The quantitative estimate of drug-likeness (QED) is 0.657. The van der Waals surface area contributed by atoms with Gasteiger partial charge in [0.05, 0.1) is 17.8 Å². The summed E-state index contributed by atoms with van der Waals surface area (Å²) in [6, 6.07) is 10.5. The summed E-state index contributed by atoms with van der Waals surface area (Å²) in [5.74, 6) is -0.738. The second kappa shape index (κ2) is 7.25. The Morgan fingerprint density at radius 2 is 2.04 bits per heavy atom. The molecule has 2 N–H and O–H groups in total. The first-order valence-electron chi connectivity index (χ1n) is 8.12. The second-order valence-electron chi connectivity index (χ2n) is 6.10. The molecule has 0 saturated heterocycles. The van der Waals surface area contributed by atoms with Gasteiger partial charge >= 0.3 is 5.97 Å². The normalized spacial score (nSPS) is 15.5. The first kappa shape index (κ1) is 18.1. The zero-order valence-corrected chi connectivity index (χ0v) is 15.2. The van der Waals surface area contributed by atoms with Crippen LogP contribution in [0.25, 0.3) is 0 Å². The summed E-state index contributed by atoms with van der Waals surface area (Å²) in [6.07, 6.45) is 0.775. The minimum Gasteiger partial charge on any atom is -0.496 e. The molecule has 136 valence electrons. The minimum atomic E-state index is -0.697. The number of hydrogen-bond acceptors (Lipinski definition) is 5. The van der Waals surface area contributed by atoms with Gasteiger partial charge in [-0.15, -0.1) is 0 Å². The molecular weight excluding hydrogens is 356 g/mol. The third kappa shape index (κ3) is 3.32. The van der Waals surface area contributed by atoms with E-state index in [0.717, 1.165) is 17.7 Å². The summed E-state index contributed by atoms with van der Waals surface area (Å²) in [6.45, 7) is 1.59. The topological polar surface area (TPSA) is 81.9 Å². The van der Waals surface area contributed by atoms with Crippen LogP contribution in [-0.2, 0) is 16.0 Å². The molecule has 0 bridgehead atoms. The number of hydrogen-bond donors (Lipinski definition) is 1. The van der Waals surface area contributed by atoms with Crippen LogP contribution in [0.1, 0.15) is 22.8 Å². The van der Waals surface area contributed by atoms with Crippen molar-refractivity contribution in [3.05, 3.63) is 52.5 Å². The van der Waals surface area contributed by atoms with Gasteiger partial charge in [-0.3, -0.25) is 4.79 Å². The Hall–Kier alpha value is -2.73. The molecule has 0 fully saturated rings. The Kier molecular flexibility index (Phi) is 5.04. The molecule has 1 amide bonds. The van der Waals surface area contributed by atoms with Crippen LogP contribution in [0, 0.1) is 0 Å². The Labute approximate surface area is 156 Å². The number of nitrogens with zero attached hydrogens (tertiary/aromatic N) is 1. The molecule has 7 heteroatoms. The van der Waals surface area contributed by atoms with Gasteiger partial charge in [-0.25, -0.2) is 4.79 Å². The van der Waals surface area contributed by atoms with E-state index in [-0.39, 0.29) is 34.9 Å². The first-order chi connectivity index (χ1) is 12.4. The Morgan fingerprint density at radius 3 is 2.77 bits per heavy atom. The molecule has 0 aromatic heterocycles. The number of rotatable bonds is 4. The molecule has 1 aliphatic heterocycles. The number of benzene rings is 2. The lowest BCUT2D eigenvalue weighted by molar-refractivity contribution is -0.122. The smallest absolute Gasteiger partial charge is 0.342 e. The van der Waals surface area contributed by atoms with Gasteiger partial charge in [0.2, 0.25) is 0 Å². The lowest BCUT2D eigenvalue weighted by atomic mass is 10.1. The Bertz CT molecular complexity index is 869. The largest absolute Gasteiger partial charge is 0.496 e. The average molecular weight is 375 g/mol. The summed E-state index contributed by atoms with van der Waals surface area (Å²) >= 11 is 5.96. The fourth-order valence-electron chi connectivity index (χ4n) is 3.12. The van der Waals surface area contributed by atoms with Crippen LogP contribution >= 0.6 is 11.6 Å². The predicted octanol–water partition coefficient (Wildman–Crippen LogP) is 3.07. The highest BCUT2D eigenvalue weighted by Crippen LogP contribution is 2.32. The van der Waals surface area contributed by atoms with Crippen molar-refractivity contribution < 1.29 is 19.1 Å². The SMILES string of the molecule is COc1cc(N)c(Cl)cc1C(=O)OCC(=O)N1c2ccccc2C[C@H]1C. The average Bonchev–Trinajstić information content (AvgIpc) is 2.97. The van der Waals surface area contributed by atoms with E-state index in [1.807, 2.05) is 31.2 Å². The van der Waals surface area contributed by atoms with E-state index in [1.54, 1.807) is 4.90 Å². The van der Waals surface area contributed by atoms with Gasteiger partial charge in [0.15, 0.2) is 6.61 Å². The summed E-state index contributed by atoms with van der Waals surface area (Å²) in [5.41, 5.74) is 8.08. The number of para-hydroxylation sites is 1. The van der Waals surface area contributed by atoms with E-state index in [9.17, 15) is 9.59 Å². The standard InChI is InChI=1S/C19H19ClN2O4/c1-11-7-12-5-3-4-6-16(12)22(11)18(23)10-26-19(24)13-8-14(20)15(21)9-17(13)25-2/h3-6,8-9,11H,7,10,21H2,1-2H3/t11-/m1/s1. The van der Waals surface area contributed by atoms with E-state index in [4.69, 9.17) is 26.8 Å². The third-order valence-corrected chi connectivity index (χ3v) is 4.67. The number of anilines is 2. The van der Waals surface area contributed by atoms with E-state index in [1.165, 1.54) is 19.2 Å². The molecule has 26 heavy (non-hydrogen) atoms. The van der Waals surface area contributed by atoms with Gasteiger partial charge in [-0.1, -0.05) is 29.8 Å². The van der Waals surface area contributed by atoms with Gasteiger partial charge in [0.25, 0.3) is 5.91 Å². The second-order valence-corrected chi connectivity index (χ2v) is 6.50. The molecule has 2 aromatic rings. The van der Waals surface area contributed by atoms with Crippen molar-refractivity contribution in [1.29, 1.82) is 0 Å². The van der Waals surface area contributed by atoms with Crippen LogP contribution < -0.4 is 15.4 Å². The monoisotopic (exact) mass is 374 g/mol. The fourth-order valence-corrected chi connectivity index (χ4v) is 3.28.